The SMILES string of the molecule is CCCCC(Cl)C(C)(C)[SiH3]. The van der Waals surface area contributed by atoms with Gasteiger partial charge in [-0.1, -0.05) is 33.6 Å². The molecule has 62 valence electrons. The minimum Gasteiger partial charge on any atom is -0.123 e. The van der Waals surface area contributed by atoms with Crippen molar-refractivity contribution < 1.29 is 0 Å². The second-order valence-electron chi connectivity index (χ2n) is 3.98. The van der Waals surface area contributed by atoms with Gasteiger partial charge < -0.3 is 0 Å². The molecule has 0 bridgehead atoms. The van der Waals surface area contributed by atoms with Gasteiger partial charge in [0.15, 0.2) is 0 Å². The zero-order valence-electron chi connectivity index (χ0n) is 7.58. The Hall–Kier alpha value is 0.507. The smallest absolute Gasteiger partial charge is 0.0354 e. The minimum absolute atomic E-state index is 0.402. The lowest BCUT2D eigenvalue weighted by atomic mass is 10.0. The molecule has 0 aliphatic heterocycles. The molecule has 10 heavy (non-hydrogen) atoms. The van der Waals surface area contributed by atoms with Crippen molar-refractivity contribution in [1.29, 1.82) is 0 Å². The number of halogens is 1. The maximum atomic E-state index is 6.17. The standard InChI is InChI=1S/C8H19ClSi/c1-4-5-6-7(9)8(2,3)10/h7H,4-6H2,1-3,10H3. The maximum Gasteiger partial charge on any atom is 0.0354 e. The molecule has 0 N–H and O–H groups in total. The second kappa shape index (κ2) is 4.40. The van der Waals surface area contributed by atoms with E-state index in [0.29, 0.717) is 10.4 Å². The molecule has 0 heterocycles. The molecule has 0 amide bonds. The molecule has 0 saturated carbocycles. The molecule has 0 aromatic rings. The zero-order chi connectivity index (χ0) is 8.20. The highest BCUT2D eigenvalue weighted by Crippen LogP contribution is 2.32. The van der Waals surface area contributed by atoms with E-state index in [1.54, 1.807) is 0 Å². The number of alkyl halides is 1. The summed E-state index contributed by atoms with van der Waals surface area (Å²) in [6.45, 7) is 6.72. The Labute approximate surface area is 72.8 Å². The summed E-state index contributed by atoms with van der Waals surface area (Å²) >= 11 is 6.17. The van der Waals surface area contributed by atoms with E-state index in [4.69, 9.17) is 11.6 Å². The van der Waals surface area contributed by atoms with Crippen LogP contribution in [0.1, 0.15) is 40.0 Å². The number of hydrogen-bond acceptors (Lipinski definition) is 0. The van der Waals surface area contributed by atoms with Gasteiger partial charge in [-0.25, -0.2) is 0 Å². The summed E-state index contributed by atoms with van der Waals surface area (Å²) < 4.78 is 0. The summed E-state index contributed by atoms with van der Waals surface area (Å²) in [7, 11) is 1.20. The van der Waals surface area contributed by atoms with Gasteiger partial charge in [-0.3, -0.25) is 0 Å². The molecular weight excluding hydrogens is 160 g/mol. The van der Waals surface area contributed by atoms with Gasteiger partial charge >= 0.3 is 0 Å². The highest BCUT2D eigenvalue weighted by Gasteiger charge is 2.20. The molecule has 0 fully saturated rings. The third kappa shape index (κ3) is 4.34. The van der Waals surface area contributed by atoms with Gasteiger partial charge in [0, 0.05) is 15.6 Å². The summed E-state index contributed by atoms with van der Waals surface area (Å²) in [4.78, 5) is 0. The van der Waals surface area contributed by atoms with E-state index in [1.165, 1.54) is 29.5 Å². The summed E-state index contributed by atoms with van der Waals surface area (Å²) in [6, 6.07) is 0. The molecule has 0 rings (SSSR count). The summed E-state index contributed by atoms with van der Waals surface area (Å²) in [5.41, 5.74) is 0. The van der Waals surface area contributed by atoms with Gasteiger partial charge in [-0.2, -0.15) is 0 Å². The Bertz CT molecular complexity index is 85.7. The van der Waals surface area contributed by atoms with E-state index in [0.717, 1.165) is 0 Å². The molecular formula is C8H19ClSi. The van der Waals surface area contributed by atoms with Crippen LogP contribution in [-0.4, -0.2) is 15.6 Å². The molecule has 2 heteroatoms. The van der Waals surface area contributed by atoms with Crippen LogP contribution in [-0.2, 0) is 0 Å². The predicted octanol–water partition coefficient (Wildman–Crippen LogP) is 2.35. The topological polar surface area (TPSA) is 0 Å². The summed E-state index contributed by atoms with van der Waals surface area (Å²) in [5.74, 6) is 0. The van der Waals surface area contributed by atoms with E-state index in [2.05, 4.69) is 20.8 Å². The molecule has 0 radical (unpaired) electrons. The van der Waals surface area contributed by atoms with Gasteiger partial charge in [0.2, 0.25) is 0 Å². The van der Waals surface area contributed by atoms with Crippen LogP contribution in [0, 0.1) is 0 Å². The molecule has 1 atom stereocenters. The van der Waals surface area contributed by atoms with Crippen LogP contribution in [0.2, 0.25) is 5.04 Å². The first-order valence-electron chi connectivity index (χ1n) is 4.12. The fraction of sp³-hybridized carbons (Fsp3) is 1.00. The number of hydrogen-bond donors (Lipinski definition) is 0. The van der Waals surface area contributed by atoms with E-state index < -0.39 is 0 Å². The molecule has 0 aromatic heterocycles. The van der Waals surface area contributed by atoms with Gasteiger partial charge in [0.05, 0.1) is 0 Å². The summed E-state index contributed by atoms with van der Waals surface area (Å²) in [5, 5.41) is 0.815. The number of rotatable bonds is 4. The predicted molar refractivity (Wildman–Crippen MR) is 53.1 cm³/mol. The highest BCUT2D eigenvalue weighted by molar-refractivity contribution is 6.28. The fourth-order valence-corrected chi connectivity index (χ4v) is 1.26. The first kappa shape index (κ1) is 10.5. The van der Waals surface area contributed by atoms with Crippen molar-refractivity contribution >= 4 is 21.8 Å². The lowest BCUT2D eigenvalue weighted by molar-refractivity contribution is 0.563. The van der Waals surface area contributed by atoms with Gasteiger partial charge in [-0.05, 0) is 11.5 Å². The number of unbranched alkanes of at least 4 members (excludes halogenated alkanes) is 1. The molecule has 0 saturated heterocycles. The van der Waals surface area contributed by atoms with Crippen LogP contribution in [0.3, 0.4) is 0 Å². The normalized spacial score (nSPS) is 15.6. The Balaban J connectivity index is 3.52. The van der Waals surface area contributed by atoms with E-state index in [-0.39, 0.29) is 0 Å². The van der Waals surface area contributed by atoms with E-state index in [9.17, 15) is 0 Å². The van der Waals surface area contributed by atoms with Crippen molar-refractivity contribution in [2.75, 3.05) is 0 Å². The van der Waals surface area contributed by atoms with Crippen molar-refractivity contribution in [3.8, 4) is 0 Å². The van der Waals surface area contributed by atoms with Gasteiger partial charge in [-0.15, -0.1) is 11.6 Å². The summed E-state index contributed by atoms with van der Waals surface area (Å²) in [6.07, 6.45) is 3.73. The molecule has 0 nitrogen and oxygen atoms in total. The lowest BCUT2D eigenvalue weighted by Gasteiger charge is -2.24. The van der Waals surface area contributed by atoms with Crippen molar-refractivity contribution in [2.45, 2.75) is 50.4 Å². The lowest BCUT2D eigenvalue weighted by Crippen LogP contribution is -2.17. The largest absolute Gasteiger partial charge is 0.123 e. The van der Waals surface area contributed by atoms with Gasteiger partial charge in [0.1, 0.15) is 0 Å². The van der Waals surface area contributed by atoms with Crippen LogP contribution >= 0.6 is 11.6 Å². The molecule has 0 spiro atoms. The average molecular weight is 179 g/mol. The van der Waals surface area contributed by atoms with Crippen LogP contribution < -0.4 is 0 Å². The molecule has 0 aliphatic rings. The van der Waals surface area contributed by atoms with Crippen LogP contribution in [0.15, 0.2) is 0 Å². The maximum absolute atomic E-state index is 6.17. The molecule has 1 unspecified atom stereocenters. The molecule has 0 aliphatic carbocycles. The van der Waals surface area contributed by atoms with Crippen LogP contribution in [0.5, 0.6) is 0 Å². The fourth-order valence-electron chi connectivity index (χ4n) is 0.816. The first-order chi connectivity index (χ1) is 4.48. The van der Waals surface area contributed by atoms with Crippen LogP contribution in [0.25, 0.3) is 0 Å². The average Bonchev–Trinajstić information content (AvgIpc) is 1.80. The second-order valence-corrected chi connectivity index (χ2v) is 7.08. The first-order valence-corrected chi connectivity index (χ1v) is 5.56. The monoisotopic (exact) mass is 178 g/mol. The van der Waals surface area contributed by atoms with Crippen molar-refractivity contribution in [2.24, 2.45) is 0 Å². The zero-order valence-corrected chi connectivity index (χ0v) is 10.3. The minimum atomic E-state index is 0.402. The van der Waals surface area contributed by atoms with Crippen molar-refractivity contribution in [3.63, 3.8) is 0 Å². The van der Waals surface area contributed by atoms with Crippen LogP contribution in [0.4, 0.5) is 0 Å². The Morgan fingerprint density at radius 2 is 2.00 bits per heavy atom. The van der Waals surface area contributed by atoms with Crippen molar-refractivity contribution in [3.05, 3.63) is 0 Å². The van der Waals surface area contributed by atoms with Gasteiger partial charge in [0.25, 0.3) is 0 Å². The third-order valence-electron chi connectivity index (χ3n) is 1.75. The Morgan fingerprint density at radius 1 is 1.50 bits per heavy atom. The van der Waals surface area contributed by atoms with E-state index >= 15 is 0 Å². The molecule has 0 aromatic carbocycles. The Morgan fingerprint density at radius 3 is 2.30 bits per heavy atom. The van der Waals surface area contributed by atoms with Crippen molar-refractivity contribution in [1.82, 2.24) is 0 Å². The quantitative estimate of drug-likeness (QED) is 0.458. The third-order valence-corrected chi connectivity index (χ3v) is 3.69. The highest BCUT2D eigenvalue weighted by atomic mass is 35.5. The van der Waals surface area contributed by atoms with E-state index in [1.807, 2.05) is 0 Å². The Kier molecular flexibility index (Phi) is 4.62.